The van der Waals surface area contributed by atoms with E-state index >= 15 is 0 Å². The maximum Gasteiger partial charge on any atom is 0.146 e. The first-order valence-electron chi connectivity index (χ1n) is 11.4. The lowest BCUT2D eigenvalue weighted by molar-refractivity contribution is 0.590. The number of fused-ring (bicyclic) bond motifs is 10. The van der Waals surface area contributed by atoms with Crippen LogP contribution in [0.25, 0.3) is 49.1 Å². The highest BCUT2D eigenvalue weighted by Gasteiger charge is 2.23. The standard InChI is InChI=1S/C30H21N2OP/c1-34(33,21-10-3-2-4-11-21)22-16-17-24-25-13-7-8-14-27(25)32-28-18-15-20-9-5-6-12-23(20)29(28)31-30(32)26(24)19-22/h2-19H,1H3. The van der Waals surface area contributed by atoms with Crippen molar-refractivity contribution in [3.63, 3.8) is 0 Å². The second-order valence-electron chi connectivity index (χ2n) is 8.93. The summed E-state index contributed by atoms with van der Waals surface area (Å²) in [7, 11) is -2.75. The number of hydrogen-bond acceptors (Lipinski definition) is 2. The number of imidazole rings is 1. The Bertz CT molecular complexity index is 1950. The quantitative estimate of drug-likeness (QED) is 0.210. The van der Waals surface area contributed by atoms with Crippen molar-refractivity contribution < 1.29 is 4.57 Å². The highest BCUT2D eigenvalue weighted by Crippen LogP contribution is 2.41. The number of rotatable bonds is 2. The molecule has 0 fully saturated rings. The van der Waals surface area contributed by atoms with E-state index in [4.69, 9.17) is 4.98 Å². The van der Waals surface area contributed by atoms with Crippen LogP contribution in [0, 0.1) is 0 Å². The number of para-hydroxylation sites is 1. The second kappa shape index (κ2) is 7.03. The van der Waals surface area contributed by atoms with Crippen molar-refractivity contribution in [1.82, 2.24) is 9.38 Å². The number of aromatic nitrogens is 2. The van der Waals surface area contributed by atoms with Gasteiger partial charge in [0.1, 0.15) is 12.8 Å². The Morgan fingerprint density at radius 3 is 2.21 bits per heavy atom. The van der Waals surface area contributed by atoms with Crippen molar-refractivity contribution in [2.75, 3.05) is 6.66 Å². The van der Waals surface area contributed by atoms with E-state index in [1.807, 2.05) is 43.1 Å². The zero-order chi connectivity index (χ0) is 22.9. The number of benzene rings is 5. The van der Waals surface area contributed by atoms with E-state index in [9.17, 15) is 4.57 Å². The van der Waals surface area contributed by atoms with Gasteiger partial charge in [0.15, 0.2) is 0 Å². The van der Waals surface area contributed by atoms with Gasteiger partial charge in [0, 0.05) is 26.8 Å². The third-order valence-electron chi connectivity index (χ3n) is 6.97. The molecule has 2 heterocycles. The normalized spacial score (nSPS) is 13.8. The lowest BCUT2D eigenvalue weighted by Gasteiger charge is -2.16. The smallest absolute Gasteiger partial charge is 0.146 e. The van der Waals surface area contributed by atoms with Gasteiger partial charge in [0.2, 0.25) is 0 Å². The molecule has 1 unspecified atom stereocenters. The van der Waals surface area contributed by atoms with E-state index in [2.05, 4.69) is 77.2 Å². The van der Waals surface area contributed by atoms with Gasteiger partial charge in [0.25, 0.3) is 0 Å². The van der Waals surface area contributed by atoms with Crippen molar-refractivity contribution in [3.05, 3.63) is 109 Å². The van der Waals surface area contributed by atoms with Crippen LogP contribution in [0.3, 0.4) is 0 Å². The van der Waals surface area contributed by atoms with Gasteiger partial charge in [0.05, 0.1) is 16.6 Å². The average molecular weight is 456 g/mol. The maximum atomic E-state index is 14.0. The third-order valence-corrected chi connectivity index (χ3v) is 9.52. The molecule has 0 radical (unpaired) electrons. The van der Waals surface area contributed by atoms with Crippen LogP contribution in [0.4, 0.5) is 0 Å². The molecule has 0 amide bonds. The van der Waals surface area contributed by atoms with E-state index < -0.39 is 7.14 Å². The molecule has 3 nitrogen and oxygen atoms in total. The molecule has 0 aliphatic heterocycles. The molecule has 0 saturated carbocycles. The van der Waals surface area contributed by atoms with Gasteiger partial charge in [-0.3, -0.25) is 4.40 Å². The van der Waals surface area contributed by atoms with Crippen LogP contribution in [-0.2, 0) is 4.57 Å². The van der Waals surface area contributed by atoms with Gasteiger partial charge in [-0.2, -0.15) is 0 Å². The molecular weight excluding hydrogens is 435 g/mol. The summed E-state index contributed by atoms with van der Waals surface area (Å²) in [5, 5.41) is 7.34. The molecule has 0 bridgehead atoms. The molecule has 0 spiro atoms. The Morgan fingerprint density at radius 2 is 1.35 bits per heavy atom. The largest absolute Gasteiger partial charge is 0.314 e. The monoisotopic (exact) mass is 456 g/mol. The van der Waals surface area contributed by atoms with Crippen molar-refractivity contribution in [2.24, 2.45) is 0 Å². The molecule has 0 aliphatic rings. The zero-order valence-electron chi connectivity index (χ0n) is 18.6. The molecule has 4 heteroatoms. The minimum atomic E-state index is -2.75. The fraction of sp³-hybridized carbons (Fsp3) is 0.0333. The van der Waals surface area contributed by atoms with Crippen LogP contribution in [0.1, 0.15) is 0 Å². The first kappa shape index (κ1) is 19.5. The van der Waals surface area contributed by atoms with Crippen molar-refractivity contribution in [3.8, 4) is 0 Å². The molecule has 7 aromatic rings. The molecule has 34 heavy (non-hydrogen) atoms. The van der Waals surface area contributed by atoms with Crippen LogP contribution in [0.2, 0.25) is 0 Å². The van der Waals surface area contributed by atoms with E-state index in [-0.39, 0.29) is 0 Å². The van der Waals surface area contributed by atoms with Crippen LogP contribution >= 0.6 is 7.14 Å². The maximum absolute atomic E-state index is 14.0. The molecule has 162 valence electrons. The summed E-state index contributed by atoms with van der Waals surface area (Å²) >= 11 is 0. The fourth-order valence-corrected chi connectivity index (χ4v) is 6.99. The summed E-state index contributed by atoms with van der Waals surface area (Å²) in [6, 6.07) is 37.2. The summed E-state index contributed by atoms with van der Waals surface area (Å²) in [4.78, 5) is 5.19. The van der Waals surface area contributed by atoms with Crippen molar-refractivity contribution in [2.45, 2.75) is 0 Å². The molecule has 2 aromatic heterocycles. The van der Waals surface area contributed by atoms with Crippen molar-refractivity contribution >= 4 is 66.9 Å². The number of nitrogens with zero attached hydrogens (tertiary/aromatic N) is 2. The van der Waals surface area contributed by atoms with E-state index in [0.29, 0.717) is 0 Å². The van der Waals surface area contributed by atoms with Gasteiger partial charge in [-0.15, -0.1) is 0 Å². The molecule has 7 rings (SSSR count). The molecular formula is C30H21N2OP. The summed E-state index contributed by atoms with van der Waals surface area (Å²) in [6.45, 7) is 1.86. The first-order valence-corrected chi connectivity index (χ1v) is 13.6. The summed E-state index contributed by atoms with van der Waals surface area (Å²) < 4.78 is 16.2. The van der Waals surface area contributed by atoms with Crippen molar-refractivity contribution in [1.29, 1.82) is 0 Å². The molecule has 0 saturated heterocycles. The van der Waals surface area contributed by atoms with Gasteiger partial charge >= 0.3 is 0 Å². The van der Waals surface area contributed by atoms with Crippen LogP contribution in [0.15, 0.2) is 109 Å². The van der Waals surface area contributed by atoms with Gasteiger partial charge in [-0.1, -0.05) is 91.0 Å². The fourth-order valence-electron chi connectivity index (χ4n) is 5.21. The Morgan fingerprint density at radius 1 is 0.618 bits per heavy atom. The zero-order valence-corrected chi connectivity index (χ0v) is 19.5. The third kappa shape index (κ3) is 2.65. The average Bonchev–Trinajstić information content (AvgIpc) is 3.30. The minimum absolute atomic E-state index is 0.847. The summed E-state index contributed by atoms with van der Waals surface area (Å²) in [5.74, 6) is 0. The van der Waals surface area contributed by atoms with E-state index in [0.717, 1.165) is 54.4 Å². The van der Waals surface area contributed by atoms with Crippen LogP contribution in [0.5, 0.6) is 0 Å². The topological polar surface area (TPSA) is 34.4 Å². The van der Waals surface area contributed by atoms with Crippen LogP contribution in [-0.4, -0.2) is 16.0 Å². The number of hydrogen-bond donors (Lipinski definition) is 0. The van der Waals surface area contributed by atoms with Gasteiger partial charge in [-0.25, -0.2) is 4.98 Å². The van der Waals surface area contributed by atoms with E-state index in [1.165, 1.54) is 5.39 Å². The molecule has 5 aromatic carbocycles. The molecule has 0 N–H and O–H groups in total. The highest BCUT2D eigenvalue weighted by atomic mass is 31.2. The Labute approximate surface area is 196 Å². The first-order chi connectivity index (χ1) is 16.6. The van der Waals surface area contributed by atoms with Crippen LogP contribution < -0.4 is 10.6 Å². The Hall–Kier alpha value is -3.94. The minimum Gasteiger partial charge on any atom is -0.314 e. The molecule has 0 aliphatic carbocycles. The predicted molar refractivity (Wildman–Crippen MR) is 144 cm³/mol. The SMILES string of the molecule is CP(=O)(c1ccccc1)c1ccc2c3ccccc3n3c4ccc5ccccc5c4nc3c2c1. The highest BCUT2D eigenvalue weighted by molar-refractivity contribution is 7.78. The van der Waals surface area contributed by atoms with Gasteiger partial charge < -0.3 is 4.57 Å². The summed E-state index contributed by atoms with van der Waals surface area (Å²) in [6.07, 6.45) is 0. The van der Waals surface area contributed by atoms with Gasteiger partial charge in [-0.05, 0) is 35.6 Å². The number of pyridine rings is 1. The second-order valence-corrected chi connectivity index (χ2v) is 11.8. The summed E-state index contributed by atoms with van der Waals surface area (Å²) in [5.41, 5.74) is 4.09. The Kier molecular flexibility index (Phi) is 4.04. The lowest BCUT2D eigenvalue weighted by atomic mass is 10.1. The predicted octanol–water partition coefficient (Wildman–Crippen LogP) is 6.89. The lowest BCUT2D eigenvalue weighted by Crippen LogP contribution is -2.14. The Balaban J connectivity index is 1.66. The van der Waals surface area contributed by atoms with E-state index in [1.54, 1.807) is 0 Å². The molecule has 1 atom stereocenters.